The lowest BCUT2D eigenvalue weighted by Crippen LogP contribution is -2.61. The van der Waals surface area contributed by atoms with E-state index in [9.17, 15) is 33.8 Å². The maximum absolute atomic E-state index is 16.0. The van der Waals surface area contributed by atoms with E-state index in [1.165, 1.54) is 17.3 Å². The average molecular weight is 1180 g/mol. The first-order chi connectivity index (χ1) is 40.3. The van der Waals surface area contributed by atoms with Crippen LogP contribution in [0.2, 0.25) is 0 Å². The molecule has 4 aromatic heterocycles. The van der Waals surface area contributed by atoms with Crippen LogP contribution in [0.4, 0.5) is 20.3 Å². The largest absolute Gasteiger partial charge is 0.393 e. The second kappa shape index (κ2) is 27.3. The molecule has 3 saturated heterocycles. The number of carbonyl (C=O) groups is 4. The second-order valence-electron chi connectivity index (χ2n) is 23.4. The summed E-state index contributed by atoms with van der Waals surface area (Å²) in [5.41, 5.74) is 19.5. The van der Waals surface area contributed by atoms with Crippen LogP contribution in [0.1, 0.15) is 88.1 Å². The van der Waals surface area contributed by atoms with E-state index < -0.39 is 53.7 Å². The Kier molecular flexibility index (Phi) is 20.0. The number of nitrogens with two attached hydrogens (primary N) is 2. The van der Waals surface area contributed by atoms with E-state index in [0.29, 0.717) is 73.4 Å². The molecule has 84 heavy (non-hydrogen) atoms. The van der Waals surface area contributed by atoms with Crippen LogP contribution < -0.4 is 27.0 Å². The number of imidazole rings is 1. The van der Waals surface area contributed by atoms with Gasteiger partial charge in [-0.25, -0.2) is 28.7 Å². The number of nitrogens with one attached hydrogen (secondary N) is 2. The minimum Gasteiger partial charge on any atom is -0.393 e. The monoisotopic (exact) mass is 1180 g/mol. The van der Waals surface area contributed by atoms with Crippen LogP contribution in [0.25, 0.3) is 32.9 Å². The molecule has 450 valence electrons. The van der Waals surface area contributed by atoms with Crippen molar-refractivity contribution in [1.82, 2.24) is 49.9 Å². The van der Waals surface area contributed by atoms with Gasteiger partial charge >= 0.3 is 0 Å². The van der Waals surface area contributed by atoms with E-state index in [1.807, 2.05) is 78.5 Å². The number of fused-ring (bicyclic) bond motifs is 1. The zero-order valence-electron chi connectivity index (χ0n) is 48.1. The van der Waals surface area contributed by atoms with Crippen LogP contribution in [0.5, 0.6) is 0 Å². The molecular formula is C60H77F2N13O8S. The number of β-amino-alcohol motifs (C(OH)–C–C–N with tert-alkyl or cyclic N) is 1. The van der Waals surface area contributed by atoms with E-state index in [-0.39, 0.29) is 94.7 Å². The van der Waals surface area contributed by atoms with E-state index in [4.69, 9.17) is 25.9 Å². The third-order valence-electron chi connectivity index (χ3n) is 16.3. The molecule has 21 nitrogen and oxygen atoms in total. The van der Waals surface area contributed by atoms with Crippen molar-refractivity contribution >= 4 is 57.6 Å². The molecule has 5 atom stereocenters. The fourth-order valence-corrected chi connectivity index (χ4v) is 12.2. The molecule has 0 radical (unpaired) electrons. The number of benzene rings is 2. The number of thiazole rings is 1. The maximum atomic E-state index is 16.0. The number of amides is 4. The number of alkyl halides is 1. The lowest BCUT2D eigenvalue weighted by atomic mass is 9.85. The number of pyridine rings is 1. The van der Waals surface area contributed by atoms with E-state index in [0.717, 1.165) is 45.8 Å². The van der Waals surface area contributed by atoms with Gasteiger partial charge in [-0.3, -0.25) is 24.2 Å². The normalized spacial score (nSPS) is 19.4. The van der Waals surface area contributed by atoms with Gasteiger partial charge < -0.3 is 61.1 Å². The summed E-state index contributed by atoms with van der Waals surface area (Å²) in [5.74, 6) is -1.20. The Balaban J connectivity index is 0.684. The predicted octanol–water partition coefficient (Wildman–Crippen LogP) is 5.12. The van der Waals surface area contributed by atoms with Crippen LogP contribution in [0, 0.1) is 24.1 Å². The zero-order chi connectivity index (χ0) is 59.7. The first-order valence-electron chi connectivity index (χ1n) is 28.7. The molecule has 3 aliphatic heterocycles. The highest BCUT2D eigenvalue weighted by atomic mass is 32.1. The van der Waals surface area contributed by atoms with E-state index in [2.05, 4.69) is 30.6 Å². The molecule has 3 fully saturated rings. The van der Waals surface area contributed by atoms with E-state index in [1.54, 1.807) is 35.4 Å². The molecule has 0 spiro atoms. The molecule has 6 aromatic rings. The van der Waals surface area contributed by atoms with Gasteiger partial charge in [0.15, 0.2) is 11.5 Å². The number of halogens is 2. The molecule has 4 amide bonds. The summed E-state index contributed by atoms with van der Waals surface area (Å²) in [6.07, 6.45) is 5.43. The standard InChI is InChI=1S/C60H77F2N13O8S/c1-37-53(84-36-70-37)40-8-6-39(7-9-40)28-66-57(80)47-27-44(77)31-75(47)58(81)54(59(2,3)4)71-50(78)14-20-82-22-23-83-21-15-51(79)72-18-12-38(13-19-72)24-41-10-11-42(25-45(41)61)46-26-43(30-74-35-69-52-55(63)67-34-68-56(52)74)48(29-65-46)73-17-5-16-60(64,33-73)49(62)32-76/h6-11,25-26,29,34-36,38,44,47,49,54,76-77H,5,12-24,27-28,30-33,64H2,1-4H3,(H,66,80)(H,71,78)(H2,63,67,68)/t44-,47+,49+,54-,60-/m1/s1. The number of hydrogen-bond acceptors (Lipinski definition) is 17. The maximum Gasteiger partial charge on any atom is 0.246 e. The van der Waals surface area contributed by atoms with Gasteiger partial charge in [-0.2, -0.15) is 0 Å². The Morgan fingerprint density at radius 3 is 2.37 bits per heavy atom. The molecule has 0 aliphatic carbocycles. The number of aryl methyl sites for hydroxylation is 1. The highest BCUT2D eigenvalue weighted by Crippen LogP contribution is 2.35. The predicted molar refractivity (Wildman–Crippen MR) is 314 cm³/mol. The first-order valence-corrected chi connectivity index (χ1v) is 29.6. The van der Waals surface area contributed by atoms with Crippen molar-refractivity contribution in [3.05, 3.63) is 101 Å². The third-order valence-corrected chi connectivity index (χ3v) is 17.2. The fraction of sp³-hybridized carbons (Fsp3) is 0.517. The van der Waals surface area contributed by atoms with Crippen molar-refractivity contribution in [3.63, 3.8) is 0 Å². The number of piperidine rings is 2. The minimum absolute atomic E-state index is 0.0256. The van der Waals surface area contributed by atoms with Gasteiger partial charge in [0.1, 0.15) is 35.9 Å². The van der Waals surface area contributed by atoms with Crippen molar-refractivity contribution in [2.75, 3.05) is 76.4 Å². The molecule has 0 bridgehead atoms. The van der Waals surface area contributed by atoms with Gasteiger partial charge in [-0.05, 0) is 84.7 Å². The molecule has 9 rings (SSSR count). The van der Waals surface area contributed by atoms with E-state index >= 15 is 4.39 Å². The Bertz CT molecular complexity index is 3260. The van der Waals surface area contributed by atoms with Crippen LogP contribution in [-0.2, 0) is 48.2 Å². The van der Waals surface area contributed by atoms with Gasteiger partial charge in [0, 0.05) is 57.7 Å². The van der Waals surface area contributed by atoms with Crippen molar-refractivity contribution in [2.45, 2.75) is 122 Å². The van der Waals surface area contributed by atoms with Crippen LogP contribution in [0.15, 0.2) is 72.9 Å². The van der Waals surface area contributed by atoms with Gasteiger partial charge in [-0.15, -0.1) is 11.3 Å². The number of rotatable bonds is 23. The molecule has 7 heterocycles. The summed E-state index contributed by atoms with van der Waals surface area (Å²) in [7, 11) is 0. The Morgan fingerprint density at radius 2 is 1.67 bits per heavy atom. The van der Waals surface area contributed by atoms with Crippen molar-refractivity contribution in [2.24, 2.45) is 17.1 Å². The van der Waals surface area contributed by atoms with Crippen molar-refractivity contribution in [1.29, 1.82) is 0 Å². The molecular weight excluding hydrogens is 1100 g/mol. The lowest BCUT2D eigenvalue weighted by molar-refractivity contribution is -0.144. The Labute approximate surface area is 491 Å². The van der Waals surface area contributed by atoms with Gasteiger partial charge in [0.25, 0.3) is 0 Å². The van der Waals surface area contributed by atoms with Crippen LogP contribution >= 0.6 is 11.3 Å². The lowest BCUT2D eigenvalue weighted by Gasteiger charge is -2.43. The summed E-state index contributed by atoms with van der Waals surface area (Å²) in [4.78, 5) is 82.1. The van der Waals surface area contributed by atoms with Crippen LogP contribution in [-0.4, -0.2) is 169 Å². The third kappa shape index (κ3) is 14.9. The smallest absolute Gasteiger partial charge is 0.246 e. The molecule has 2 aromatic carbocycles. The number of aliphatic hydroxyl groups is 2. The topological polar surface area (TPSA) is 282 Å². The quantitative estimate of drug-likeness (QED) is 0.0454. The number of carbonyl (C=O) groups excluding carboxylic acids is 4. The highest BCUT2D eigenvalue weighted by molar-refractivity contribution is 7.13. The summed E-state index contributed by atoms with van der Waals surface area (Å²) >= 11 is 1.56. The minimum atomic E-state index is -1.60. The van der Waals surface area contributed by atoms with Crippen molar-refractivity contribution in [3.8, 4) is 21.7 Å². The molecule has 0 saturated carbocycles. The number of anilines is 2. The molecule has 24 heteroatoms. The Morgan fingerprint density at radius 1 is 0.929 bits per heavy atom. The number of nitrogens with zero attached hydrogens (tertiary/aromatic N) is 9. The number of aliphatic hydroxyl groups excluding tert-OH is 2. The van der Waals surface area contributed by atoms with Gasteiger partial charge in [0.2, 0.25) is 23.6 Å². The summed E-state index contributed by atoms with van der Waals surface area (Å²) in [6, 6.07) is 13.0. The number of likely N-dealkylation sites (tertiary alicyclic amines) is 2. The highest BCUT2D eigenvalue weighted by Gasteiger charge is 2.45. The molecule has 0 unspecified atom stereocenters. The van der Waals surface area contributed by atoms with Crippen LogP contribution in [0.3, 0.4) is 0 Å². The number of hydrogen-bond donors (Lipinski definition) is 6. The summed E-state index contributed by atoms with van der Waals surface area (Å²) < 4.78 is 44.2. The SMILES string of the molecule is Cc1ncsc1-c1ccc(CNC(=O)[C@@H]2C[C@@H](O)CN2C(=O)[C@@H](NC(=O)CCOCCOCCC(=O)N2CCC(Cc3ccc(-c4cc(Cn5cnc6c(N)ncnc65)c(N5CCC[C@](N)([C@@H](F)CO)C5)cn4)cc3F)CC2)C(C)(C)C)cc1. The fourth-order valence-electron chi connectivity index (χ4n) is 11.4. The molecule has 8 N–H and O–H groups in total. The van der Waals surface area contributed by atoms with Crippen molar-refractivity contribution < 1.29 is 47.6 Å². The summed E-state index contributed by atoms with van der Waals surface area (Å²) in [5, 5.41) is 26.0. The number of aromatic nitrogens is 6. The zero-order valence-corrected chi connectivity index (χ0v) is 49.0. The average Bonchev–Trinajstić information content (AvgIpc) is 4.03. The van der Waals surface area contributed by atoms with Gasteiger partial charge in [-0.1, -0.05) is 57.2 Å². The summed E-state index contributed by atoms with van der Waals surface area (Å²) in [6.45, 7) is 9.79. The number of ether oxygens (including phenoxy) is 2. The Hall–Kier alpha value is -7.09. The number of nitrogen functional groups attached to an aromatic ring is 1. The first kappa shape index (κ1) is 61.5. The van der Waals surface area contributed by atoms with Gasteiger partial charge in [0.05, 0.1) is 97.6 Å². The molecule has 3 aliphatic rings. The second-order valence-corrected chi connectivity index (χ2v) is 24.3.